The van der Waals surface area contributed by atoms with Gasteiger partial charge < -0.3 is 20.1 Å². The van der Waals surface area contributed by atoms with Gasteiger partial charge in [0.25, 0.3) is 5.91 Å². The summed E-state index contributed by atoms with van der Waals surface area (Å²) in [6, 6.07) is 7.60. The van der Waals surface area contributed by atoms with Crippen LogP contribution in [0.15, 0.2) is 30.6 Å². The Balaban J connectivity index is 1.37. The molecule has 5 rings (SSSR count). The lowest BCUT2D eigenvalue weighted by Crippen LogP contribution is -2.51. The quantitative estimate of drug-likeness (QED) is 0.717. The molecule has 1 aromatic carbocycles. The van der Waals surface area contributed by atoms with Gasteiger partial charge >= 0.3 is 0 Å². The van der Waals surface area contributed by atoms with E-state index in [4.69, 9.17) is 15.2 Å². The molecule has 150 valence electrons. The molecule has 2 aliphatic rings. The van der Waals surface area contributed by atoms with E-state index in [1.165, 1.54) is 0 Å². The summed E-state index contributed by atoms with van der Waals surface area (Å²) >= 11 is 0. The molecule has 2 aliphatic heterocycles. The second-order valence-electron chi connectivity index (χ2n) is 7.56. The SMILES string of the molecule is COc1cccc2c(N3CCC4(CC3)Cn3nc(C(N)=O)cc3CO4)ncnc12. The number of carbonyl (C=O) groups excluding carboxylic acids is 1. The molecule has 0 bridgehead atoms. The van der Waals surface area contributed by atoms with Crippen LogP contribution in [0.25, 0.3) is 10.9 Å². The van der Waals surface area contributed by atoms with Crippen LogP contribution >= 0.6 is 0 Å². The average molecular weight is 394 g/mol. The minimum atomic E-state index is -0.512. The first kappa shape index (κ1) is 17.9. The van der Waals surface area contributed by atoms with Crippen LogP contribution < -0.4 is 15.4 Å². The molecule has 1 spiro atoms. The number of para-hydroxylation sites is 1. The maximum absolute atomic E-state index is 11.4. The first-order valence-corrected chi connectivity index (χ1v) is 9.62. The first-order valence-electron chi connectivity index (χ1n) is 9.62. The fourth-order valence-corrected chi connectivity index (χ4v) is 4.27. The van der Waals surface area contributed by atoms with E-state index in [9.17, 15) is 4.79 Å². The summed E-state index contributed by atoms with van der Waals surface area (Å²) in [5.41, 5.74) is 7.07. The summed E-state index contributed by atoms with van der Waals surface area (Å²) < 4.78 is 13.5. The van der Waals surface area contributed by atoms with Crippen molar-refractivity contribution in [3.63, 3.8) is 0 Å². The molecule has 0 unspecified atom stereocenters. The maximum atomic E-state index is 11.4. The zero-order chi connectivity index (χ0) is 20.0. The predicted molar refractivity (Wildman–Crippen MR) is 106 cm³/mol. The lowest BCUT2D eigenvalue weighted by Gasteiger charge is -2.44. The third kappa shape index (κ3) is 2.98. The van der Waals surface area contributed by atoms with Crippen LogP contribution in [0.1, 0.15) is 29.0 Å². The highest BCUT2D eigenvalue weighted by atomic mass is 16.5. The molecule has 9 nitrogen and oxygen atoms in total. The van der Waals surface area contributed by atoms with E-state index in [1.54, 1.807) is 19.5 Å². The molecule has 29 heavy (non-hydrogen) atoms. The fraction of sp³-hybridized carbons (Fsp3) is 0.400. The molecule has 1 fully saturated rings. The van der Waals surface area contributed by atoms with Crippen LogP contribution in [0, 0.1) is 0 Å². The van der Waals surface area contributed by atoms with Gasteiger partial charge in [0, 0.05) is 18.5 Å². The number of anilines is 1. The average Bonchev–Trinajstić information content (AvgIpc) is 3.17. The molecule has 0 aliphatic carbocycles. The normalized spacial score (nSPS) is 18.0. The molecule has 1 saturated heterocycles. The summed E-state index contributed by atoms with van der Waals surface area (Å²) in [7, 11) is 1.65. The van der Waals surface area contributed by atoms with E-state index in [-0.39, 0.29) is 5.60 Å². The van der Waals surface area contributed by atoms with Crippen molar-refractivity contribution in [3.05, 3.63) is 42.0 Å². The number of aromatic nitrogens is 4. The number of benzene rings is 1. The van der Waals surface area contributed by atoms with Crippen LogP contribution in [-0.2, 0) is 17.9 Å². The molecule has 4 heterocycles. The Kier molecular flexibility index (Phi) is 4.13. The van der Waals surface area contributed by atoms with Crippen molar-refractivity contribution in [2.45, 2.75) is 31.6 Å². The lowest BCUT2D eigenvalue weighted by molar-refractivity contribution is -0.106. The number of primary amides is 1. The highest BCUT2D eigenvalue weighted by Crippen LogP contribution is 2.36. The number of nitrogens with two attached hydrogens (primary N) is 1. The Labute approximate surface area is 167 Å². The zero-order valence-electron chi connectivity index (χ0n) is 16.2. The van der Waals surface area contributed by atoms with Crippen LogP contribution in [0.2, 0.25) is 0 Å². The maximum Gasteiger partial charge on any atom is 0.269 e. The topological polar surface area (TPSA) is 108 Å². The highest BCUT2D eigenvalue weighted by Gasteiger charge is 2.40. The minimum Gasteiger partial charge on any atom is -0.494 e. The smallest absolute Gasteiger partial charge is 0.269 e. The van der Waals surface area contributed by atoms with Gasteiger partial charge in [0.05, 0.1) is 31.6 Å². The number of hydrogen-bond acceptors (Lipinski definition) is 7. The summed E-state index contributed by atoms with van der Waals surface area (Å²) in [6.07, 6.45) is 3.27. The van der Waals surface area contributed by atoms with Gasteiger partial charge in [0.2, 0.25) is 0 Å². The molecule has 2 N–H and O–H groups in total. The molecule has 2 aromatic heterocycles. The Morgan fingerprint density at radius 2 is 2.10 bits per heavy atom. The van der Waals surface area contributed by atoms with Crippen LogP contribution in [0.5, 0.6) is 5.75 Å². The Bertz CT molecular complexity index is 1090. The van der Waals surface area contributed by atoms with Crippen molar-refractivity contribution in [3.8, 4) is 5.75 Å². The molecular weight excluding hydrogens is 372 g/mol. The van der Waals surface area contributed by atoms with Crippen molar-refractivity contribution in [1.29, 1.82) is 0 Å². The van der Waals surface area contributed by atoms with Crippen molar-refractivity contribution >= 4 is 22.6 Å². The van der Waals surface area contributed by atoms with Crippen LogP contribution in [0.4, 0.5) is 5.82 Å². The van der Waals surface area contributed by atoms with Crippen molar-refractivity contribution in [2.24, 2.45) is 5.73 Å². The van der Waals surface area contributed by atoms with E-state index >= 15 is 0 Å². The van der Waals surface area contributed by atoms with Gasteiger partial charge in [-0.2, -0.15) is 5.10 Å². The monoisotopic (exact) mass is 394 g/mol. The van der Waals surface area contributed by atoms with E-state index < -0.39 is 5.91 Å². The van der Waals surface area contributed by atoms with E-state index in [0.717, 1.165) is 54.1 Å². The number of nitrogens with zero attached hydrogens (tertiary/aromatic N) is 5. The largest absolute Gasteiger partial charge is 0.494 e. The number of carbonyl (C=O) groups is 1. The molecule has 9 heteroatoms. The van der Waals surface area contributed by atoms with Gasteiger partial charge in [0.1, 0.15) is 29.1 Å². The van der Waals surface area contributed by atoms with Crippen LogP contribution in [0.3, 0.4) is 0 Å². The van der Waals surface area contributed by atoms with Gasteiger partial charge in [-0.25, -0.2) is 9.97 Å². The molecule has 0 saturated carbocycles. The first-order chi connectivity index (χ1) is 14.1. The summed E-state index contributed by atoms with van der Waals surface area (Å²) in [5, 5.41) is 5.33. The highest BCUT2D eigenvalue weighted by molar-refractivity contribution is 5.93. The number of rotatable bonds is 3. The molecule has 0 atom stereocenters. The number of ether oxygens (including phenoxy) is 2. The number of fused-ring (bicyclic) bond motifs is 2. The van der Waals surface area contributed by atoms with Gasteiger partial charge in [-0.3, -0.25) is 9.48 Å². The molecule has 3 aromatic rings. The Morgan fingerprint density at radius 3 is 2.86 bits per heavy atom. The second-order valence-corrected chi connectivity index (χ2v) is 7.56. The Hall–Kier alpha value is -3.20. The van der Waals surface area contributed by atoms with E-state index in [0.29, 0.717) is 18.8 Å². The van der Waals surface area contributed by atoms with Crippen LogP contribution in [-0.4, -0.2) is 51.5 Å². The predicted octanol–water partition coefficient (Wildman–Crippen LogP) is 1.50. The third-order valence-electron chi connectivity index (χ3n) is 5.88. The summed E-state index contributed by atoms with van der Waals surface area (Å²) in [6.45, 7) is 2.68. The van der Waals surface area contributed by atoms with E-state index in [2.05, 4.69) is 20.0 Å². The molecule has 0 radical (unpaired) electrons. The fourth-order valence-electron chi connectivity index (χ4n) is 4.27. The second kappa shape index (κ2) is 6.70. The van der Waals surface area contributed by atoms with Gasteiger partial charge in [-0.05, 0) is 31.0 Å². The van der Waals surface area contributed by atoms with Gasteiger partial charge in [-0.1, -0.05) is 6.07 Å². The third-order valence-corrected chi connectivity index (χ3v) is 5.88. The van der Waals surface area contributed by atoms with Gasteiger partial charge in [-0.15, -0.1) is 0 Å². The van der Waals surface area contributed by atoms with Crippen molar-refractivity contribution in [2.75, 3.05) is 25.1 Å². The summed E-state index contributed by atoms with van der Waals surface area (Å²) in [5.74, 6) is 1.14. The molecular formula is C20H22N6O3. The van der Waals surface area contributed by atoms with Gasteiger partial charge in [0.15, 0.2) is 0 Å². The van der Waals surface area contributed by atoms with Crippen molar-refractivity contribution < 1.29 is 14.3 Å². The number of amides is 1. The van der Waals surface area contributed by atoms with Crippen molar-refractivity contribution in [1.82, 2.24) is 19.7 Å². The zero-order valence-corrected chi connectivity index (χ0v) is 16.2. The lowest BCUT2D eigenvalue weighted by atomic mass is 9.90. The number of hydrogen-bond donors (Lipinski definition) is 1. The minimum absolute atomic E-state index is 0.287. The van der Waals surface area contributed by atoms with E-state index in [1.807, 2.05) is 22.9 Å². The summed E-state index contributed by atoms with van der Waals surface area (Å²) in [4.78, 5) is 22.6. The number of piperidine rings is 1. The molecule has 1 amide bonds. The standard InChI is InChI=1S/C20H22N6O3/c1-28-16-4-2-3-14-17(16)22-12-23-19(14)25-7-5-20(6-8-25)11-26-13(10-29-20)9-15(24-26)18(21)27/h2-4,9,12H,5-8,10-11H2,1H3,(H2,21,27). The number of methoxy groups -OCH3 is 1. The Morgan fingerprint density at radius 1 is 1.28 bits per heavy atom.